The van der Waals surface area contributed by atoms with E-state index in [9.17, 15) is 14.4 Å². The van der Waals surface area contributed by atoms with Crippen molar-refractivity contribution in [2.45, 2.75) is 65.0 Å². The van der Waals surface area contributed by atoms with Crippen LogP contribution in [0.25, 0.3) is 16.9 Å². The number of nitrogens with zero attached hydrogens (tertiary/aromatic N) is 6. The molecule has 38 heavy (non-hydrogen) atoms. The van der Waals surface area contributed by atoms with E-state index in [1.165, 1.54) is 34.1 Å². The summed E-state index contributed by atoms with van der Waals surface area (Å²) in [5.74, 6) is 0.0442. The van der Waals surface area contributed by atoms with Gasteiger partial charge >= 0.3 is 0 Å². The molecule has 4 heterocycles. The lowest BCUT2D eigenvalue weighted by atomic mass is 9.79. The minimum absolute atomic E-state index is 0.00726. The third-order valence-electron chi connectivity index (χ3n) is 7.00. The van der Waals surface area contributed by atoms with Crippen LogP contribution in [-0.2, 0) is 23.9 Å². The predicted octanol–water partition coefficient (Wildman–Crippen LogP) is 4.45. The van der Waals surface area contributed by atoms with Crippen LogP contribution >= 0.6 is 0 Å². The molecular weight excluding hydrogens is 483 g/mol. The first kappa shape index (κ1) is 25.5. The van der Waals surface area contributed by atoms with Gasteiger partial charge in [-0.3, -0.25) is 4.79 Å². The van der Waals surface area contributed by atoms with Gasteiger partial charge < -0.3 is 10.6 Å². The molecule has 3 aromatic heterocycles. The SMILES string of the molecule is CCCn1c(=O)c2cnc(Nc3ccc4c(c3)CNCC4(C)C)nc2n1-c1ccc(F)c(C(C)(C)C#N)n1. The number of anilines is 2. The number of rotatable bonds is 6. The maximum Gasteiger partial charge on any atom is 0.278 e. The van der Waals surface area contributed by atoms with Crippen LogP contribution in [0.5, 0.6) is 0 Å². The zero-order valence-corrected chi connectivity index (χ0v) is 22.3. The van der Waals surface area contributed by atoms with Gasteiger partial charge in [0.2, 0.25) is 5.95 Å². The van der Waals surface area contributed by atoms with E-state index < -0.39 is 11.2 Å². The first-order chi connectivity index (χ1) is 18.1. The van der Waals surface area contributed by atoms with E-state index in [-0.39, 0.29) is 16.7 Å². The molecule has 0 saturated carbocycles. The van der Waals surface area contributed by atoms with Gasteiger partial charge in [0.05, 0.1) is 17.2 Å². The molecule has 10 heteroatoms. The van der Waals surface area contributed by atoms with Crippen molar-refractivity contribution in [3.05, 3.63) is 69.5 Å². The van der Waals surface area contributed by atoms with Crippen LogP contribution in [0.4, 0.5) is 16.0 Å². The van der Waals surface area contributed by atoms with Gasteiger partial charge in [-0.05, 0) is 55.7 Å². The lowest BCUT2D eigenvalue weighted by Gasteiger charge is -2.33. The third kappa shape index (κ3) is 4.33. The Kier molecular flexibility index (Phi) is 6.27. The minimum atomic E-state index is -1.16. The fourth-order valence-corrected chi connectivity index (χ4v) is 4.99. The molecule has 5 rings (SSSR count). The second kappa shape index (κ2) is 9.33. The molecule has 2 N–H and O–H groups in total. The predicted molar refractivity (Wildman–Crippen MR) is 144 cm³/mol. The maximum absolute atomic E-state index is 14.7. The van der Waals surface area contributed by atoms with Crippen molar-refractivity contribution in [1.82, 2.24) is 29.6 Å². The van der Waals surface area contributed by atoms with E-state index in [0.717, 1.165) is 18.8 Å². The van der Waals surface area contributed by atoms with Crippen LogP contribution in [0.1, 0.15) is 57.9 Å². The van der Waals surface area contributed by atoms with Gasteiger partial charge in [0.1, 0.15) is 11.2 Å². The smallest absolute Gasteiger partial charge is 0.278 e. The molecule has 0 amide bonds. The molecule has 196 valence electrons. The quantitative estimate of drug-likeness (QED) is 0.391. The molecule has 1 aliphatic rings. The minimum Gasteiger partial charge on any atom is -0.324 e. The number of nitriles is 1. The number of hydrogen-bond donors (Lipinski definition) is 2. The third-order valence-corrected chi connectivity index (χ3v) is 7.00. The Balaban J connectivity index is 1.62. The van der Waals surface area contributed by atoms with Gasteiger partial charge in [-0.15, -0.1) is 0 Å². The lowest BCUT2D eigenvalue weighted by Crippen LogP contribution is -2.38. The zero-order chi connectivity index (χ0) is 27.2. The summed E-state index contributed by atoms with van der Waals surface area (Å²) in [6, 6.07) is 11.1. The summed E-state index contributed by atoms with van der Waals surface area (Å²) < 4.78 is 17.8. The average Bonchev–Trinajstić information content (AvgIpc) is 3.15. The van der Waals surface area contributed by atoms with Crippen LogP contribution in [0.3, 0.4) is 0 Å². The summed E-state index contributed by atoms with van der Waals surface area (Å²) in [5.41, 5.74) is 2.33. The molecule has 1 aliphatic heterocycles. The second-order valence-electron chi connectivity index (χ2n) is 10.9. The number of nitrogens with one attached hydrogen (secondary N) is 2. The standard InChI is InChI=1S/C28H31FN8O/c1-6-11-36-25(38)19-14-32-26(33-18-7-8-20-17(12-18)13-31-16-28(20,4)5)35-24(19)37(36)22-10-9-21(29)23(34-22)27(2,3)15-30/h7-10,12,14,31H,6,11,13,16H2,1-5H3,(H,32,33,35). The van der Waals surface area contributed by atoms with E-state index >= 15 is 0 Å². The summed E-state index contributed by atoms with van der Waals surface area (Å²) >= 11 is 0. The van der Waals surface area contributed by atoms with Crippen LogP contribution in [0, 0.1) is 17.1 Å². The Bertz CT molecular complexity index is 1640. The highest BCUT2D eigenvalue weighted by Crippen LogP contribution is 2.32. The van der Waals surface area contributed by atoms with Crippen molar-refractivity contribution < 1.29 is 4.39 Å². The molecule has 9 nitrogen and oxygen atoms in total. The van der Waals surface area contributed by atoms with Gasteiger partial charge in [0.25, 0.3) is 5.56 Å². The monoisotopic (exact) mass is 514 g/mol. The fourth-order valence-electron chi connectivity index (χ4n) is 4.99. The van der Waals surface area contributed by atoms with Crippen molar-refractivity contribution in [3.8, 4) is 11.9 Å². The number of hydrogen-bond acceptors (Lipinski definition) is 7. The topological polar surface area (TPSA) is 113 Å². The molecule has 0 saturated heterocycles. The van der Waals surface area contributed by atoms with E-state index in [1.807, 2.05) is 13.0 Å². The fraction of sp³-hybridized carbons (Fsp3) is 0.393. The number of halogens is 1. The van der Waals surface area contributed by atoms with Crippen LogP contribution in [-0.4, -0.2) is 30.9 Å². The summed E-state index contributed by atoms with van der Waals surface area (Å²) in [7, 11) is 0. The highest BCUT2D eigenvalue weighted by molar-refractivity contribution is 5.77. The zero-order valence-electron chi connectivity index (χ0n) is 22.3. The number of fused-ring (bicyclic) bond motifs is 2. The van der Waals surface area contributed by atoms with Gasteiger partial charge in [0.15, 0.2) is 11.5 Å². The number of pyridine rings is 1. The van der Waals surface area contributed by atoms with E-state index in [4.69, 9.17) is 4.98 Å². The maximum atomic E-state index is 14.7. The summed E-state index contributed by atoms with van der Waals surface area (Å²) in [4.78, 5) is 26.9. The Morgan fingerprint density at radius 3 is 2.76 bits per heavy atom. The van der Waals surface area contributed by atoms with E-state index in [1.54, 1.807) is 18.5 Å². The first-order valence-corrected chi connectivity index (χ1v) is 12.7. The second-order valence-corrected chi connectivity index (χ2v) is 10.9. The Morgan fingerprint density at radius 2 is 2.03 bits per heavy atom. The summed E-state index contributed by atoms with van der Waals surface area (Å²) in [6.07, 6.45) is 2.19. The van der Waals surface area contributed by atoms with Crippen LogP contribution in [0.2, 0.25) is 0 Å². The molecule has 0 radical (unpaired) electrons. The largest absolute Gasteiger partial charge is 0.324 e. The Labute approximate surface area is 220 Å². The van der Waals surface area contributed by atoms with Crippen molar-refractivity contribution in [1.29, 1.82) is 5.26 Å². The highest BCUT2D eigenvalue weighted by atomic mass is 19.1. The van der Waals surface area contributed by atoms with Gasteiger partial charge in [0, 0.05) is 36.9 Å². The molecule has 0 unspecified atom stereocenters. The van der Waals surface area contributed by atoms with Crippen molar-refractivity contribution in [2.24, 2.45) is 0 Å². The number of aromatic nitrogens is 5. The molecule has 0 fully saturated rings. The highest BCUT2D eigenvalue weighted by Gasteiger charge is 2.28. The molecule has 4 aromatic rings. The molecule has 0 spiro atoms. The number of benzene rings is 1. The van der Waals surface area contributed by atoms with Crippen molar-refractivity contribution >= 4 is 22.7 Å². The molecule has 0 bridgehead atoms. The molecular formula is C28H31FN8O. The van der Waals surface area contributed by atoms with Crippen molar-refractivity contribution in [2.75, 3.05) is 11.9 Å². The Morgan fingerprint density at radius 1 is 1.24 bits per heavy atom. The van der Waals surface area contributed by atoms with Gasteiger partial charge in [-0.2, -0.15) is 10.2 Å². The lowest BCUT2D eigenvalue weighted by molar-refractivity contribution is 0.435. The summed E-state index contributed by atoms with van der Waals surface area (Å²) in [5, 5.41) is 16.6. The Hall–Kier alpha value is -4.10. The van der Waals surface area contributed by atoms with E-state index in [2.05, 4.69) is 52.7 Å². The molecule has 0 aliphatic carbocycles. The molecule has 0 atom stereocenters. The average molecular weight is 515 g/mol. The van der Waals surface area contributed by atoms with Gasteiger partial charge in [-0.25, -0.2) is 23.7 Å². The normalized spacial score (nSPS) is 14.8. The summed E-state index contributed by atoms with van der Waals surface area (Å²) in [6.45, 7) is 11.7. The van der Waals surface area contributed by atoms with E-state index in [0.29, 0.717) is 35.8 Å². The first-order valence-electron chi connectivity index (χ1n) is 12.7. The van der Waals surface area contributed by atoms with Crippen molar-refractivity contribution in [3.63, 3.8) is 0 Å². The van der Waals surface area contributed by atoms with Crippen LogP contribution < -0.4 is 16.2 Å². The van der Waals surface area contributed by atoms with Gasteiger partial charge in [-0.1, -0.05) is 26.8 Å². The van der Waals surface area contributed by atoms with Crippen LogP contribution in [0.15, 0.2) is 41.3 Å². The molecule has 1 aromatic carbocycles.